The molecule has 1 atom stereocenters. The molecule has 7 heteroatoms. The van der Waals surface area contributed by atoms with Gasteiger partial charge in [-0.05, 0) is 91.5 Å². The highest BCUT2D eigenvalue weighted by Gasteiger charge is 2.24. The zero-order valence-electron chi connectivity index (χ0n) is 20.8. The Labute approximate surface area is 221 Å². The van der Waals surface area contributed by atoms with Crippen molar-refractivity contribution in [2.75, 3.05) is 19.0 Å². The monoisotopic (exact) mass is 523 g/mol. The zero-order chi connectivity index (χ0) is 24.9. The smallest absolute Gasteiger partial charge is 0.303 e. The first-order valence-corrected chi connectivity index (χ1v) is 14.8. The molecule has 0 saturated heterocycles. The van der Waals surface area contributed by atoms with Gasteiger partial charge in [0, 0.05) is 16.2 Å². The number of aromatic nitrogens is 1. The number of ether oxygens (including phenoxy) is 2. The van der Waals surface area contributed by atoms with Gasteiger partial charge in [0.05, 0.1) is 24.5 Å². The molecule has 0 bridgehead atoms. The summed E-state index contributed by atoms with van der Waals surface area (Å²) in [7, 11) is 0. The standard InChI is InChI=1S/C29H33NO4S2/c1-2-5-21-16-22(29-30-28-26(36-29)6-3-13-34-28)9-12-25(21)33-14-4-15-35-23-10-11-24-19(17-23)7-8-20(24)18-27(31)32/h9-12,16-17,20H,2-8,13-15,18H2,1H3,(H,31,32)/t20-/m0/s1. The van der Waals surface area contributed by atoms with Gasteiger partial charge in [-0.3, -0.25) is 4.79 Å². The van der Waals surface area contributed by atoms with Crippen LogP contribution in [0.2, 0.25) is 0 Å². The van der Waals surface area contributed by atoms with E-state index in [0.717, 1.165) is 79.5 Å². The van der Waals surface area contributed by atoms with Gasteiger partial charge in [-0.15, -0.1) is 23.1 Å². The summed E-state index contributed by atoms with van der Waals surface area (Å²) in [6.45, 7) is 3.65. The molecule has 0 amide bonds. The Balaban J connectivity index is 1.14. The largest absolute Gasteiger partial charge is 0.493 e. The number of fused-ring (bicyclic) bond motifs is 2. The maximum atomic E-state index is 11.1. The fraction of sp³-hybridized carbons (Fsp3) is 0.448. The average molecular weight is 524 g/mol. The number of aliphatic carboxylic acids is 1. The van der Waals surface area contributed by atoms with Crippen LogP contribution in [0.4, 0.5) is 0 Å². The highest BCUT2D eigenvalue weighted by Crippen LogP contribution is 2.38. The topological polar surface area (TPSA) is 68.7 Å². The van der Waals surface area contributed by atoms with Crippen LogP contribution in [0.25, 0.3) is 10.6 Å². The van der Waals surface area contributed by atoms with Gasteiger partial charge in [-0.25, -0.2) is 4.98 Å². The van der Waals surface area contributed by atoms with E-state index < -0.39 is 5.97 Å². The fourth-order valence-electron chi connectivity index (χ4n) is 5.08. The summed E-state index contributed by atoms with van der Waals surface area (Å²) < 4.78 is 11.9. The third-order valence-electron chi connectivity index (χ3n) is 6.83. The number of aryl methyl sites for hydroxylation is 3. The first-order valence-electron chi connectivity index (χ1n) is 13.0. The summed E-state index contributed by atoms with van der Waals surface area (Å²) in [4.78, 5) is 18.3. The van der Waals surface area contributed by atoms with Crippen LogP contribution < -0.4 is 9.47 Å². The molecule has 5 nitrogen and oxygen atoms in total. The van der Waals surface area contributed by atoms with Crippen molar-refractivity contribution < 1.29 is 19.4 Å². The molecule has 0 fully saturated rings. The second-order valence-corrected chi connectivity index (χ2v) is 11.8. The average Bonchev–Trinajstić information content (AvgIpc) is 3.48. The Morgan fingerprint density at radius 1 is 1.25 bits per heavy atom. The van der Waals surface area contributed by atoms with Crippen molar-refractivity contribution in [1.82, 2.24) is 4.98 Å². The Morgan fingerprint density at radius 3 is 3.00 bits per heavy atom. The van der Waals surface area contributed by atoms with E-state index in [1.165, 1.54) is 26.5 Å². The minimum atomic E-state index is -0.709. The summed E-state index contributed by atoms with van der Waals surface area (Å²) >= 11 is 3.60. The fourth-order valence-corrected chi connectivity index (χ4v) is 7.01. The van der Waals surface area contributed by atoms with Crippen molar-refractivity contribution in [2.45, 2.75) is 69.1 Å². The van der Waals surface area contributed by atoms with Crippen LogP contribution in [-0.2, 0) is 24.1 Å². The van der Waals surface area contributed by atoms with Crippen molar-refractivity contribution in [2.24, 2.45) is 0 Å². The molecule has 1 aromatic heterocycles. The van der Waals surface area contributed by atoms with Crippen LogP contribution in [0.5, 0.6) is 11.6 Å². The number of rotatable bonds is 11. The minimum absolute atomic E-state index is 0.169. The molecule has 3 aromatic rings. The van der Waals surface area contributed by atoms with Gasteiger partial charge in [0.2, 0.25) is 5.88 Å². The van der Waals surface area contributed by atoms with E-state index in [2.05, 4.69) is 43.3 Å². The summed E-state index contributed by atoms with van der Waals surface area (Å²) in [5, 5.41) is 10.2. The quantitative estimate of drug-likeness (QED) is 0.213. The third kappa shape index (κ3) is 5.89. The predicted molar refractivity (Wildman–Crippen MR) is 146 cm³/mol. The Hall–Kier alpha value is -2.51. The number of carboxylic acid groups (broad SMARTS) is 1. The first kappa shape index (κ1) is 25.2. The van der Waals surface area contributed by atoms with E-state index in [4.69, 9.17) is 19.6 Å². The van der Waals surface area contributed by atoms with Gasteiger partial charge in [0.25, 0.3) is 0 Å². The Bertz CT molecular complexity index is 1200. The number of thiazole rings is 1. The van der Waals surface area contributed by atoms with Crippen molar-refractivity contribution in [3.63, 3.8) is 0 Å². The van der Waals surface area contributed by atoms with E-state index in [0.29, 0.717) is 6.61 Å². The van der Waals surface area contributed by atoms with Crippen LogP contribution in [-0.4, -0.2) is 35.0 Å². The molecular formula is C29H33NO4S2. The predicted octanol–water partition coefficient (Wildman–Crippen LogP) is 7.15. The molecule has 2 heterocycles. The van der Waals surface area contributed by atoms with Gasteiger partial charge in [0.1, 0.15) is 10.8 Å². The number of nitrogens with zero attached hydrogens (tertiary/aromatic N) is 1. The summed E-state index contributed by atoms with van der Waals surface area (Å²) in [6, 6.07) is 13.0. The van der Waals surface area contributed by atoms with Gasteiger partial charge in [-0.1, -0.05) is 19.4 Å². The maximum Gasteiger partial charge on any atom is 0.303 e. The molecular weight excluding hydrogens is 490 g/mol. The van der Waals surface area contributed by atoms with Crippen LogP contribution in [0, 0.1) is 0 Å². The molecule has 0 radical (unpaired) electrons. The third-order valence-corrected chi connectivity index (χ3v) is 9.05. The van der Waals surface area contributed by atoms with Crippen molar-refractivity contribution >= 4 is 29.1 Å². The van der Waals surface area contributed by atoms with E-state index in [1.54, 1.807) is 11.3 Å². The number of carbonyl (C=O) groups is 1. The highest BCUT2D eigenvalue weighted by atomic mass is 32.2. The second kappa shape index (κ2) is 11.7. The summed E-state index contributed by atoms with van der Waals surface area (Å²) in [5.74, 6) is 2.25. The molecule has 36 heavy (non-hydrogen) atoms. The molecule has 0 saturated carbocycles. The molecule has 0 spiro atoms. The lowest BCUT2D eigenvalue weighted by atomic mass is 9.98. The number of hydrogen-bond donors (Lipinski definition) is 1. The van der Waals surface area contributed by atoms with Crippen LogP contribution >= 0.6 is 23.1 Å². The summed E-state index contributed by atoms with van der Waals surface area (Å²) in [6.07, 6.45) is 7.31. The van der Waals surface area contributed by atoms with E-state index in [9.17, 15) is 4.79 Å². The normalized spacial score (nSPS) is 16.3. The van der Waals surface area contributed by atoms with Gasteiger partial charge in [-0.2, -0.15) is 0 Å². The minimum Gasteiger partial charge on any atom is -0.493 e. The van der Waals surface area contributed by atoms with E-state index >= 15 is 0 Å². The second-order valence-electron chi connectivity index (χ2n) is 9.52. The molecule has 1 aliphatic carbocycles. The molecule has 0 unspecified atom stereocenters. The molecule has 190 valence electrons. The van der Waals surface area contributed by atoms with Gasteiger partial charge < -0.3 is 14.6 Å². The number of hydrogen-bond acceptors (Lipinski definition) is 6. The Morgan fingerprint density at radius 2 is 2.17 bits per heavy atom. The summed E-state index contributed by atoms with van der Waals surface area (Å²) in [5.41, 5.74) is 4.93. The lowest BCUT2D eigenvalue weighted by Gasteiger charge is -2.13. The Kier molecular flexibility index (Phi) is 8.17. The van der Waals surface area contributed by atoms with Crippen LogP contribution in [0.3, 0.4) is 0 Å². The lowest BCUT2D eigenvalue weighted by molar-refractivity contribution is -0.137. The molecule has 2 aromatic carbocycles. The van der Waals surface area contributed by atoms with Gasteiger partial charge >= 0.3 is 5.97 Å². The SMILES string of the molecule is CCCc1cc(-c2nc3c(s2)CCCO3)ccc1OCCCSc1ccc2c(c1)CC[C@H]2CC(=O)O. The van der Waals surface area contributed by atoms with E-state index in [1.807, 2.05) is 11.8 Å². The van der Waals surface area contributed by atoms with Crippen molar-refractivity contribution in [3.8, 4) is 22.2 Å². The molecule has 5 rings (SSSR count). The maximum absolute atomic E-state index is 11.1. The van der Waals surface area contributed by atoms with Crippen molar-refractivity contribution in [3.05, 3.63) is 58.0 Å². The van der Waals surface area contributed by atoms with Crippen LogP contribution in [0.1, 0.15) is 66.5 Å². The number of benzene rings is 2. The lowest BCUT2D eigenvalue weighted by Crippen LogP contribution is -2.06. The number of thioether (sulfide) groups is 1. The highest BCUT2D eigenvalue weighted by molar-refractivity contribution is 7.99. The molecule has 1 N–H and O–H groups in total. The first-order chi connectivity index (χ1) is 17.6. The van der Waals surface area contributed by atoms with Crippen LogP contribution in [0.15, 0.2) is 41.3 Å². The zero-order valence-corrected chi connectivity index (χ0v) is 22.4. The number of carboxylic acids is 1. The molecule has 2 aliphatic rings. The van der Waals surface area contributed by atoms with Gasteiger partial charge in [0.15, 0.2) is 0 Å². The van der Waals surface area contributed by atoms with E-state index in [-0.39, 0.29) is 12.3 Å². The molecule has 1 aliphatic heterocycles. The van der Waals surface area contributed by atoms with Crippen molar-refractivity contribution in [1.29, 1.82) is 0 Å².